The van der Waals surface area contributed by atoms with E-state index < -0.39 is 0 Å². The zero-order valence-electron chi connectivity index (χ0n) is 17.7. The van der Waals surface area contributed by atoms with Crippen LogP contribution in [0.3, 0.4) is 0 Å². The second kappa shape index (κ2) is 9.32. The number of aryl methyl sites for hydroxylation is 3. The van der Waals surface area contributed by atoms with E-state index in [4.69, 9.17) is 0 Å². The molecular weight excluding hydrogens is 414 g/mol. The molecule has 30 heavy (non-hydrogen) atoms. The molecule has 1 amide bonds. The first kappa shape index (κ1) is 21.1. The highest BCUT2D eigenvalue weighted by Gasteiger charge is 2.22. The van der Waals surface area contributed by atoms with Crippen molar-refractivity contribution >= 4 is 29.0 Å². The lowest BCUT2D eigenvalue weighted by Crippen LogP contribution is -2.48. The second-order valence-electron chi connectivity index (χ2n) is 7.68. The molecule has 3 aromatic rings. The van der Waals surface area contributed by atoms with Crippen molar-refractivity contribution in [3.05, 3.63) is 57.5 Å². The smallest absolute Gasteiger partial charge is 0.233 e. The summed E-state index contributed by atoms with van der Waals surface area (Å²) in [5.74, 6) is 1.39. The molecule has 0 bridgehead atoms. The molecular formula is C22H27N5OS2. The van der Waals surface area contributed by atoms with Crippen LogP contribution in [0.1, 0.15) is 21.8 Å². The van der Waals surface area contributed by atoms with E-state index in [0.29, 0.717) is 5.75 Å². The first-order valence-corrected chi connectivity index (χ1v) is 12.0. The second-order valence-corrected chi connectivity index (χ2v) is 9.65. The molecule has 4 rings (SSSR count). The minimum Gasteiger partial charge on any atom is -0.339 e. The van der Waals surface area contributed by atoms with Crippen LogP contribution in [0.25, 0.3) is 5.69 Å². The molecule has 158 valence electrons. The number of hydrogen-bond acceptors (Lipinski definition) is 6. The third-order valence-electron chi connectivity index (χ3n) is 5.41. The number of aromatic nitrogens is 3. The van der Waals surface area contributed by atoms with Crippen LogP contribution in [0.2, 0.25) is 0 Å². The summed E-state index contributed by atoms with van der Waals surface area (Å²) in [6.07, 6.45) is 0. The molecule has 1 fully saturated rings. The van der Waals surface area contributed by atoms with E-state index in [9.17, 15) is 4.79 Å². The van der Waals surface area contributed by atoms with Gasteiger partial charge in [-0.15, -0.1) is 21.5 Å². The van der Waals surface area contributed by atoms with Gasteiger partial charge in [-0.2, -0.15) is 0 Å². The third-order valence-corrected chi connectivity index (χ3v) is 7.18. The van der Waals surface area contributed by atoms with Gasteiger partial charge in [0.05, 0.1) is 11.4 Å². The number of hydrogen-bond donors (Lipinski definition) is 0. The Labute approximate surface area is 185 Å². The van der Waals surface area contributed by atoms with Crippen molar-refractivity contribution in [3.8, 4) is 5.69 Å². The van der Waals surface area contributed by atoms with Crippen LogP contribution < -0.4 is 0 Å². The van der Waals surface area contributed by atoms with E-state index in [-0.39, 0.29) is 5.91 Å². The summed E-state index contributed by atoms with van der Waals surface area (Å²) in [6.45, 7) is 10.5. The maximum atomic E-state index is 12.8. The molecule has 1 aliphatic rings. The van der Waals surface area contributed by atoms with Gasteiger partial charge >= 0.3 is 0 Å². The summed E-state index contributed by atoms with van der Waals surface area (Å²) < 4.78 is 2.05. The van der Waals surface area contributed by atoms with E-state index in [1.807, 2.05) is 11.8 Å². The van der Waals surface area contributed by atoms with Gasteiger partial charge in [0.1, 0.15) is 5.82 Å². The Kier molecular flexibility index (Phi) is 6.55. The molecule has 0 saturated carbocycles. The van der Waals surface area contributed by atoms with Crippen LogP contribution in [0, 0.1) is 20.8 Å². The minimum absolute atomic E-state index is 0.170. The average Bonchev–Trinajstić information content (AvgIpc) is 3.38. The topological polar surface area (TPSA) is 54.3 Å². The van der Waals surface area contributed by atoms with Crippen molar-refractivity contribution in [2.75, 3.05) is 31.9 Å². The molecule has 6 nitrogen and oxygen atoms in total. The molecule has 0 unspecified atom stereocenters. The number of piperazine rings is 1. The van der Waals surface area contributed by atoms with E-state index in [2.05, 4.69) is 69.2 Å². The summed E-state index contributed by atoms with van der Waals surface area (Å²) in [7, 11) is 0. The van der Waals surface area contributed by atoms with E-state index in [0.717, 1.165) is 49.4 Å². The Morgan fingerprint density at radius 3 is 2.63 bits per heavy atom. The normalized spacial score (nSPS) is 15.0. The van der Waals surface area contributed by atoms with Gasteiger partial charge in [0.2, 0.25) is 5.91 Å². The van der Waals surface area contributed by atoms with Gasteiger partial charge in [-0.25, -0.2) is 0 Å². The average molecular weight is 442 g/mol. The first-order valence-electron chi connectivity index (χ1n) is 10.2. The largest absolute Gasteiger partial charge is 0.339 e. The number of nitrogens with zero attached hydrogens (tertiary/aromatic N) is 5. The Bertz CT molecular complexity index is 1010. The number of rotatable bonds is 6. The van der Waals surface area contributed by atoms with Crippen molar-refractivity contribution in [1.29, 1.82) is 0 Å². The fourth-order valence-corrected chi connectivity index (χ4v) is 5.31. The Morgan fingerprint density at radius 2 is 1.90 bits per heavy atom. The van der Waals surface area contributed by atoms with Crippen molar-refractivity contribution in [2.45, 2.75) is 32.5 Å². The van der Waals surface area contributed by atoms with Crippen LogP contribution in [0.4, 0.5) is 0 Å². The fraction of sp³-hybridized carbons (Fsp3) is 0.409. The maximum Gasteiger partial charge on any atom is 0.233 e. The van der Waals surface area contributed by atoms with Gasteiger partial charge in [-0.3, -0.25) is 14.3 Å². The number of benzene rings is 1. The highest BCUT2D eigenvalue weighted by molar-refractivity contribution is 7.99. The molecule has 0 aliphatic carbocycles. The van der Waals surface area contributed by atoms with Gasteiger partial charge in [-0.05, 0) is 49.4 Å². The molecule has 0 spiro atoms. The van der Waals surface area contributed by atoms with E-state index in [1.54, 1.807) is 11.3 Å². The predicted octanol–water partition coefficient (Wildman–Crippen LogP) is 3.69. The molecule has 0 radical (unpaired) electrons. The van der Waals surface area contributed by atoms with Crippen molar-refractivity contribution in [3.63, 3.8) is 0 Å². The van der Waals surface area contributed by atoms with Gasteiger partial charge in [0, 0.05) is 37.6 Å². The van der Waals surface area contributed by atoms with Crippen molar-refractivity contribution in [1.82, 2.24) is 24.6 Å². The van der Waals surface area contributed by atoms with Gasteiger partial charge < -0.3 is 4.90 Å². The summed E-state index contributed by atoms with van der Waals surface area (Å²) in [5, 5.41) is 11.5. The monoisotopic (exact) mass is 441 g/mol. The number of thiophene rings is 1. The molecule has 0 N–H and O–H groups in total. The summed E-state index contributed by atoms with van der Waals surface area (Å²) in [6, 6.07) is 10.6. The number of carbonyl (C=O) groups excluding carboxylic acids is 1. The van der Waals surface area contributed by atoms with Crippen LogP contribution in [-0.4, -0.2) is 62.4 Å². The minimum atomic E-state index is 0.170. The summed E-state index contributed by atoms with van der Waals surface area (Å²) in [5.41, 5.74) is 3.43. The van der Waals surface area contributed by atoms with Crippen LogP contribution in [-0.2, 0) is 11.3 Å². The quantitative estimate of drug-likeness (QED) is 0.546. The molecule has 1 saturated heterocycles. The lowest BCUT2D eigenvalue weighted by atomic mass is 10.1. The van der Waals surface area contributed by atoms with Gasteiger partial charge in [0.25, 0.3) is 0 Å². The van der Waals surface area contributed by atoms with Gasteiger partial charge in [-0.1, -0.05) is 30.0 Å². The SMILES string of the molecule is Cc1ccc(C)c(-n2c(C)nnc2SCC(=O)N2CCN(Cc3cccs3)CC2)c1. The Balaban J connectivity index is 1.35. The molecule has 1 aliphatic heterocycles. The summed E-state index contributed by atoms with van der Waals surface area (Å²) in [4.78, 5) is 18.6. The molecule has 1 aromatic carbocycles. The Morgan fingerprint density at radius 1 is 1.10 bits per heavy atom. The van der Waals surface area contributed by atoms with Crippen LogP contribution in [0.5, 0.6) is 0 Å². The maximum absolute atomic E-state index is 12.8. The molecule has 8 heteroatoms. The predicted molar refractivity (Wildman–Crippen MR) is 122 cm³/mol. The Hall–Kier alpha value is -2.16. The van der Waals surface area contributed by atoms with Crippen LogP contribution in [0.15, 0.2) is 40.9 Å². The molecule has 3 heterocycles. The summed E-state index contributed by atoms with van der Waals surface area (Å²) >= 11 is 3.26. The first-order chi connectivity index (χ1) is 14.5. The number of thioether (sulfide) groups is 1. The number of amides is 1. The zero-order valence-corrected chi connectivity index (χ0v) is 19.3. The lowest BCUT2D eigenvalue weighted by Gasteiger charge is -2.34. The molecule has 2 aromatic heterocycles. The standard InChI is InChI=1S/C22H27N5OS2/c1-16-6-7-17(2)20(13-16)27-18(3)23-24-22(27)30-15-21(28)26-10-8-25(9-11-26)14-19-5-4-12-29-19/h4-7,12-13H,8-11,14-15H2,1-3H3. The highest BCUT2D eigenvalue weighted by atomic mass is 32.2. The van der Waals surface area contributed by atoms with Crippen LogP contribution >= 0.6 is 23.1 Å². The van der Waals surface area contributed by atoms with Crippen molar-refractivity contribution < 1.29 is 4.79 Å². The third kappa shape index (κ3) is 4.77. The zero-order chi connectivity index (χ0) is 21.1. The lowest BCUT2D eigenvalue weighted by molar-refractivity contribution is -0.130. The van der Waals surface area contributed by atoms with Crippen molar-refractivity contribution in [2.24, 2.45) is 0 Å². The molecule has 0 atom stereocenters. The van der Waals surface area contributed by atoms with E-state index >= 15 is 0 Å². The van der Waals surface area contributed by atoms with Gasteiger partial charge in [0.15, 0.2) is 5.16 Å². The number of carbonyl (C=O) groups is 1. The fourth-order valence-electron chi connectivity index (χ4n) is 3.67. The van der Waals surface area contributed by atoms with E-state index in [1.165, 1.54) is 27.8 Å². The highest BCUT2D eigenvalue weighted by Crippen LogP contribution is 2.25.